The maximum absolute atomic E-state index is 12.3. The Bertz CT molecular complexity index is 304. The molecule has 0 radical (unpaired) electrons. The molecule has 2 heterocycles. The van der Waals surface area contributed by atoms with Crippen LogP contribution < -0.4 is 0 Å². The number of amides is 1. The van der Waals surface area contributed by atoms with Gasteiger partial charge in [0.25, 0.3) is 0 Å². The SMILES string of the molecule is CC(O)C1CCCN(C2CCN(C(C)C)C2=O)C1. The van der Waals surface area contributed by atoms with Crippen LogP contribution in [0.25, 0.3) is 0 Å². The number of carbonyl (C=O) groups is 1. The molecule has 0 aliphatic carbocycles. The lowest BCUT2D eigenvalue weighted by Gasteiger charge is -2.37. The molecule has 4 nitrogen and oxygen atoms in total. The summed E-state index contributed by atoms with van der Waals surface area (Å²) < 4.78 is 0. The van der Waals surface area contributed by atoms with E-state index >= 15 is 0 Å². The molecule has 2 fully saturated rings. The first-order valence-corrected chi connectivity index (χ1v) is 7.23. The zero-order chi connectivity index (χ0) is 13.3. The van der Waals surface area contributed by atoms with Crippen LogP contribution in [0.3, 0.4) is 0 Å². The van der Waals surface area contributed by atoms with E-state index in [9.17, 15) is 9.90 Å². The molecule has 0 aromatic carbocycles. The number of likely N-dealkylation sites (tertiary alicyclic amines) is 2. The van der Waals surface area contributed by atoms with Crippen LogP contribution in [-0.2, 0) is 4.79 Å². The van der Waals surface area contributed by atoms with Crippen molar-refractivity contribution in [3.8, 4) is 0 Å². The number of hydrogen-bond acceptors (Lipinski definition) is 3. The fraction of sp³-hybridized carbons (Fsp3) is 0.929. The largest absolute Gasteiger partial charge is 0.393 e. The second-order valence-corrected chi connectivity index (χ2v) is 6.07. The maximum Gasteiger partial charge on any atom is 0.240 e. The number of piperidine rings is 1. The Morgan fingerprint density at radius 1 is 1.22 bits per heavy atom. The van der Waals surface area contributed by atoms with Crippen molar-refractivity contribution in [2.75, 3.05) is 19.6 Å². The lowest BCUT2D eigenvalue weighted by molar-refractivity contribution is -0.134. The Morgan fingerprint density at radius 3 is 2.50 bits per heavy atom. The van der Waals surface area contributed by atoms with Gasteiger partial charge in [-0.15, -0.1) is 0 Å². The second kappa shape index (κ2) is 5.57. The summed E-state index contributed by atoms with van der Waals surface area (Å²) in [6.45, 7) is 8.79. The Hall–Kier alpha value is -0.610. The molecule has 1 N–H and O–H groups in total. The molecule has 3 unspecified atom stereocenters. The number of aliphatic hydroxyl groups excluding tert-OH is 1. The Labute approximate surface area is 110 Å². The van der Waals surface area contributed by atoms with Crippen molar-refractivity contribution in [1.29, 1.82) is 0 Å². The van der Waals surface area contributed by atoms with Gasteiger partial charge >= 0.3 is 0 Å². The molecule has 4 heteroatoms. The summed E-state index contributed by atoms with van der Waals surface area (Å²) >= 11 is 0. The molecule has 0 aromatic rings. The van der Waals surface area contributed by atoms with Gasteiger partial charge in [-0.1, -0.05) is 0 Å². The van der Waals surface area contributed by atoms with E-state index in [0.717, 1.165) is 38.9 Å². The average Bonchev–Trinajstić information content (AvgIpc) is 2.71. The van der Waals surface area contributed by atoms with E-state index in [0.29, 0.717) is 12.0 Å². The van der Waals surface area contributed by atoms with Crippen LogP contribution in [0.2, 0.25) is 0 Å². The predicted molar refractivity (Wildman–Crippen MR) is 71.2 cm³/mol. The first-order chi connectivity index (χ1) is 8.50. The van der Waals surface area contributed by atoms with Crippen molar-refractivity contribution in [1.82, 2.24) is 9.80 Å². The molecular weight excluding hydrogens is 228 g/mol. The molecule has 2 rings (SSSR count). The second-order valence-electron chi connectivity index (χ2n) is 6.07. The molecule has 104 valence electrons. The normalized spacial score (nSPS) is 32.3. The summed E-state index contributed by atoms with van der Waals surface area (Å²) in [5, 5.41) is 9.72. The van der Waals surface area contributed by atoms with Crippen molar-refractivity contribution in [2.24, 2.45) is 5.92 Å². The molecule has 0 bridgehead atoms. The minimum Gasteiger partial charge on any atom is -0.393 e. The summed E-state index contributed by atoms with van der Waals surface area (Å²) in [4.78, 5) is 16.6. The summed E-state index contributed by atoms with van der Waals surface area (Å²) in [6, 6.07) is 0.369. The molecule has 1 amide bonds. The zero-order valence-corrected chi connectivity index (χ0v) is 11.8. The highest BCUT2D eigenvalue weighted by Gasteiger charge is 2.39. The summed E-state index contributed by atoms with van der Waals surface area (Å²) in [5.74, 6) is 0.621. The van der Waals surface area contributed by atoms with Gasteiger partial charge in [0.15, 0.2) is 0 Å². The summed E-state index contributed by atoms with van der Waals surface area (Å²) in [7, 11) is 0. The molecule has 18 heavy (non-hydrogen) atoms. The van der Waals surface area contributed by atoms with Crippen LogP contribution in [0.5, 0.6) is 0 Å². The maximum atomic E-state index is 12.3. The molecule has 0 spiro atoms. The minimum absolute atomic E-state index is 0.0638. The van der Waals surface area contributed by atoms with Crippen molar-refractivity contribution in [3.63, 3.8) is 0 Å². The third kappa shape index (κ3) is 2.69. The van der Waals surface area contributed by atoms with Crippen LogP contribution in [0.4, 0.5) is 0 Å². The smallest absolute Gasteiger partial charge is 0.240 e. The topological polar surface area (TPSA) is 43.8 Å². The molecule has 3 atom stereocenters. The van der Waals surface area contributed by atoms with E-state index in [2.05, 4.69) is 18.7 Å². The third-order valence-corrected chi connectivity index (χ3v) is 4.45. The summed E-state index contributed by atoms with van der Waals surface area (Å²) in [5.41, 5.74) is 0. The van der Waals surface area contributed by atoms with Gasteiger partial charge in [0.05, 0.1) is 12.1 Å². The molecular formula is C14H26N2O2. The predicted octanol–water partition coefficient (Wildman–Crippen LogP) is 1.09. The van der Waals surface area contributed by atoms with E-state index in [-0.39, 0.29) is 18.1 Å². The van der Waals surface area contributed by atoms with Crippen molar-refractivity contribution in [3.05, 3.63) is 0 Å². The van der Waals surface area contributed by atoms with Crippen molar-refractivity contribution >= 4 is 5.91 Å². The quantitative estimate of drug-likeness (QED) is 0.820. The molecule has 2 aliphatic heterocycles. The lowest BCUT2D eigenvalue weighted by Crippen LogP contribution is -2.49. The molecule has 0 saturated carbocycles. The van der Waals surface area contributed by atoms with E-state index in [1.54, 1.807) is 0 Å². The first-order valence-electron chi connectivity index (χ1n) is 7.23. The molecule has 2 saturated heterocycles. The van der Waals surface area contributed by atoms with Crippen LogP contribution in [-0.4, -0.2) is 58.6 Å². The average molecular weight is 254 g/mol. The highest BCUT2D eigenvalue weighted by atomic mass is 16.3. The van der Waals surface area contributed by atoms with Crippen LogP contribution in [0, 0.1) is 5.92 Å². The van der Waals surface area contributed by atoms with Gasteiger partial charge in [0, 0.05) is 19.1 Å². The van der Waals surface area contributed by atoms with Gasteiger partial charge in [-0.2, -0.15) is 0 Å². The Kier molecular flexibility index (Phi) is 4.28. The van der Waals surface area contributed by atoms with Gasteiger partial charge in [-0.3, -0.25) is 9.69 Å². The Balaban J connectivity index is 1.98. The molecule has 2 aliphatic rings. The monoisotopic (exact) mass is 254 g/mol. The third-order valence-electron chi connectivity index (χ3n) is 4.45. The lowest BCUT2D eigenvalue weighted by atomic mass is 9.92. The van der Waals surface area contributed by atoms with Gasteiger partial charge in [-0.05, 0) is 52.5 Å². The Morgan fingerprint density at radius 2 is 1.94 bits per heavy atom. The van der Waals surface area contributed by atoms with E-state index in [1.165, 1.54) is 0 Å². The summed E-state index contributed by atoms with van der Waals surface area (Å²) in [6.07, 6.45) is 2.87. The van der Waals surface area contributed by atoms with Crippen LogP contribution >= 0.6 is 0 Å². The first kappa shape index (κ1) is 13.8. The fourth-order valence-electron chi connectivity index (χ4n) is 3.26. The van der Waals surface area contributed by atoms with E-state index in [1.807, 2.05) is 11.8 Å². The highest BCUT2D eigenvalue weighted by molar-refractivity contribution is 5.84. The van der Waals surface area contributed by atoms with Crippen molar-refractivity contribution < 1.29 is 9.90 Å². The standard InChI is InChI=1S/C14H26N2O2/c1-10(2)16-8-6-13(14(16)18)15-7-4-5-12(9-15)11(3)17/h10-13,17H,4-9H2,1-3H3. The fourth-order valence-corrected chi connectivity index (χ4v) is 3.26. The van der Waals surface area contributed by atoms with Gasteiger partial charge in [0.1, 0.15) is 0 Å². The van der Waals surface area contributed by atoms with Gasteiger partial charge < -0.3 is 10.0 Å². The van der Waals surface area contributed by atoms with Gasteiger partial charge in [0.2, 0.25) is 5.91 Å². The van der Waals surface area contributed by atoms with Crippen LogP contribution in [0.15, 0.2) is 0 Å². The minimum atomic E-state index is -0.259. The number of nitrogens with zero attached hydrogens (tertiary/aromatic N) is 2. The number of aliphatic hydroxyl groups is 1. The number of rotatable bonds is 3. The highest BCUT2D eigenvalue weighted by Crippen LogP contribution is 2.26. The zero-order valence-electron chi connectivity index (χ0n) is 11.8. The van der Waals surface area contributed by atoms with E-state index < -0.39 is 0 Å². The number of hydrogen-bond donors (Lipinski definition) is 1. The van der Waals surface area contributed by atoms with Crippen LogP contribution in [0.1, 0.15) is 40.0 Å². The van der Waals surface area contributed by atoms with E-state index in [4.69, 9.17) is 0 Å². The molecule has 0 aromatic heterocycles. The van der Waals surface area contributed by atoms with Gasteiger partial charge in [-0.25, -0.2) is 0 Å². The van der Waals surface area contributed by atoms with Crippen molar-refractivity contribution in [2.45, 2.75) is 58.2 Å². The number of carbonyl (C=O) groups excluding carboxylic acids is 1.